The second kappa shape index (κ2) is 8.03. The van der Waals surface area contributed by atoms with Gasteiger partial charge in [-0.15, -0.1) is 0 Å². The van der Waals surface area contributed by atoms with Crippen LogP contribution in [-0.4, -0.2) is 61.5 Å². The van der Waals surface area contributed by atoms with Crippen molar-refractivity contribution in [1.29, 1.82) is 0 Å². The fourth-order valence-electron chi connectivity index (χ4n) is 2.35. The van der Waals surface area contributed by atoms with Crippen LogP contribution >= 0.6 is 0 Å². The molecular formula is C13H28N2O2. The Morgan fingerprint density at radius 2 is 2.00 bits per heavy atom. The van der Waals surface area contributed by atoms with Gasteiger partial charge < -0.3 is 20.1 Å². The molecular weight excluding hydrogens is 216 g/mol. The molecule has 1 aliphatic rings. The maximum absolute atomic E-state index is 9.52. The van der Waals surface area contributed by atoms with Gasteiger partial charge in [0.25, 0.3) is 0 Å². The topological polar surface area (TPSA) is 44.7 Å². The first-order valence-corrected chi connectivity index (χ1v) is 6.78. The Labute approximate surface area is 105 Å². The quantitative estimate of drug-likeness (QED) is 0.697. The molecule has 1 unspecified atom stereocenters. The van der Waals surface area contributed by atoms with E-state index in [-0.39, 0.29) is 6.10 Å². The Bertz CT molecular complexity index is 192. The van der Waals surface area contributed by atoms with E-state index in [1.165, 1.54) is 25.9 Å². The number of aliphatic hydroxyl groups is 1. The molecule has 1 atom stereocenters. The maximum Gasteiger partial charge on any atom is 0.0785 e. The van der Waals surface area contributed by atoms with Crippen LogP contribution in [0.5, 0.6) is 0 Å². The summed E-state index contributed by atoms with van der Waals surface area (Å²) in [7, 11) is 1.62. The lowest BCUT2D eigenvalue weighted by Crippen LogP contribution is -2.45. The van der Waals surface area contributed by atoms with Gasteiger partial charge in [0.1, 0.15) is 0 Å². The van der Waals surface area contributed by atoms with E-state index in [1.807, 2.05) is 0 Å². The summed E-state index contributed by atoms with van der Waals surface area (Å²) >= 11 is 0. The second-order valence-electron chi connectivity index (χ2n) is 5.26. The number of piperidine rings is 1. The zero-order chi connectivity index (χ0) is 12.7. The van der Waals surface area contributed by atoms with Crippen LogP contribution in [0.4, 0.5) is 0 Å². The van der Waals surface area contributed by atoms with Crippen molar-refractivity contribution in [2.24, 2.45) is 0 Å². The fraction of sp³-hybridized carbons (Fsp3) is 1.00. The number of nitrogens with zero attached hydrogens (tertiary/aromatic N) is 1. The lowest BCUT2D eigenvalue weighted by Gasteiger charge is -2.35. The zero-order valence-electron chi connectivity index (χ0n) is 11.5. The van der Waals surface area contributed by atoms with Crippen LogP contribution in [0.2, 0.25) is 0 Å². The van der Waals surface area contributed by atoms with E-state index in [4.69, 9.17) is 4.74 Å². The number of hydrogen-bond acceptors (Lipinski definition) is 4. The monoisotopic (exact) mass is 244 g/mol. The molecule has 0 spiro atoms. The highest BCUT2D eigenvalue weighted by molar-refractivity contribution is 4.78. The Morgan fingerprint density at radius 3 is 2.53 bits per heavy atom. The highest BCUT2D eigenvalue weighted by Crippen LogP contribution is 2.12. The van der Waals surface area contributed by atoms with Gasteiger partial charge >= 0.3 is 0 Å². The molecule has 0 aromatic rings. The van der Waals surface area contributed by atoms with Crippen LogP contribution in [0.3, 0.4) is 0 Å². The number of methoxy groups -OCH3 is 1. The molecule has 0 radical (unpaired) electrons. The molecule has 0 aromatic carbocycles. The highest BCUT2D eigenvalue weighted by Gasteiger charge is 2.20. The lowest BCUT2D eigenvalue weighted by atomic mass is 10.0. The summed E-state index contributed by atoms with van der Waals surface area (Å²) in [5.41, 5.74) is 0. The van der Waals surface area contributed by atoms with Crippen LogP contribution in [0, 0.1) is 0 Å². The van der Waals surface area contributed by atoms with E-state index in [0.29, 0.717) is 18.7 Å². The number of likely N-dealkylation sites (tertiary alicyclic amines) is 1. The Hall–Kier alpha value is -0.160. The minimum Gasteiger partial charge on any atom is -0.391 e. The van der Waals surface area contributed by atoms with Crippen LogP contribution in [0.15, 0.2) is 0 Å². The van der Waals surface area contributed by atoms with Crippen molar-refractivity contribution >= 4 is 0 Å². The molecule has 1 fully saturated rings. The lowest BCUT2D eigenvalue weighted by molar-refractivity contribution is 0.0582. The maximum atomic E-state index is 9.52. The van der Waals surface area contributed by atoms with Crippen LogP contribution in [-0.2, 0) is 4.74 Å². The van der Waals surface area contributed by atoms with E-state index < -0.39 is 0 Å². The second-order valence-corrected chi connectivity index (χ2v) is 5.26. The van der Waals surface area contributed by atoms with Crippen molar-refractivity contribution < 1.29 is 9.84 Å². The normalized spacial score (nSPS) is 21.0. The van der Waals surface area contributed by atoms with Gasteiger partial charge in [0.05, 0.1) is 12.7 Å². The third-order valence-corrected chi connectivity index (χ3v) is 3.53. The van der Waals surface area contributed by atoms with Gasteiger partial charge in [-0.25, -0.2) is 0 Å². The van der Waals surface area contributed by atoms with Crippen molar-refractivity contribution in [3.8, 4) is 0 Å². The van der Waals surface area contributed by atoms with Crippen LogP contribution in [0.25, 0.3) is 0 Å². The van der Waals surface area contributed by atoms with Gasteiger partial charge in [-0.3, -0.25) is 0 Å². The molecule has 2 N–H and O–H groups in total. The highest BCUT2D eigenvalue weighted by atomic mass is 16.5. The first-order valence-electron chi connectivity index (χ1n) is 6.78. The van der Waals surface area contributed by atoms with Crippen molar-refractivity contribution in [1.82, 2.24) is 10.2 Å². The summed E-state index contributed by atoms with van der Waals surface area (Å²) < 4.78 is 4.90. The first kappa shape index (κ1) is 14.9. The molecule has 1 rings (SSSR count). The molecule has 1 aliphatic heterocycles. The van der Waals surface area contributed by atoms with Gasteiger partial charge in [0, 0.05) is 19.2 Å². The Kier molecular flexibility index (Phi) is 7.04. The fourth-order valence-corrected chi connectivity index (χ4v) is 2.35. The molecule has 1 saturated heterocycles. The molecule has 102 valence electrons. The number of rotatable bonds is 7. The number of ether oxygens (including phenoxy) is 1. The van der Waals surface area contributed by atoms with Crippen molar-refractivity contribution in [2.45, 2.75) is 51.3 Å². The third-order valence-electron chi connectivity index (χ3n) is 3.53. The third kappa shape index (κ3) is 5.82. The average Bonchev–Trinajstić information content (AvgIpc) is 2.30. The summed E-state index contributed by atoms with van der Waals surface area (Å²) in [5.74, 6) is 0. The van der Waals surface area contributed by atoms with Gasteiger partial charge in [0.15, 0.2) is 0 Å². The predicted octanol–water partition coefficient (Wildman–Crippen LogP) is 0.846. The Morgan fingerprint density at radius 1 is 1.35 bits per heavy atom. The largest absolute Gasteiger partial charge is 0.391 e. The zero-order valence-corrected chi connectivity index (χ0v) is 11.5. The molecule has 1 heterocycles. The number of aliphatic hydroxyl groups excluding tert-OH is 1. The molecule has 17 heavy (non-hydrogen) atoms. The van der Waals surface area contributed by atoms with Gasteiger partial charge in [0.2, 0.25) is 0 Å². The molecule has 0 saturated carbocycles. The molecule has 4 nitrogen and oxygen atoms in total. The van der Waals surface area contributed by atoms with Gasteiger partial charge in [-0.05, 0) is 52.7 Å². The van der Waals surface area contributed by atoms with E-state index in [2.05, 4.69) is 24.1 Å². The smallest absolute Gasteiger partial charge is 0.0785 e. The van der Waals surface area contributed by atoms with Crippen LogP contribution in [0.1, 0.15) is 33.1 Å². The van der Waals surface area contributed by atoms with Gasteiger partial charge in [-0.2, -0.15) is 0 Å². The SMILES string of the molecule is COCC(O)CCNC1CCN(C(C)C)CC1. The summed E-state index contributed by atoms with van der Waals surface area (Å²) in [4.78, 5) is 2.53. The van der Waals surface area contributed by atoms with E-state index >= 15 is 0 Å². The number of hydrogen-bond donors (Lipinski definition) is 2. The molecule has 0 bridgehead atoms. The van der Waals surface area contributed by atoms with Gasteiger partial charge in [-0.1, -0.05) is 0 Å². The summed E-state index contributed by atoms with van der Waals surface area (Å²) in [6.07, 6.45) is 2.89. The first-order chi connectivity index (χ1) is 8.13. The molecule has 0 aromatic heterocycles. The molecule has 0 aliphatic carbocycles. The van der Waals surface area contributed by atoms with Crippen molar-refractivity contribution in [3.63, 3.8) is 0 Å². The summed E-state index contributed by atoms with van der Waals surface area (Å²) in [6, 6.07) is 1.29. The average molecular weight is 244 g/mol. The van der Waals surface area contributed by atoms with Crippen molar-refractivity contribution in [3.05, 3.63) is 0 Å². The minimum atomic E-state index is -0.330. The standard InChI is InChI=1S/C13H28N2O2/c1-11(2)15-8-5-12(6-9-15)14-7-4-13(16)10-17-3/h11-14,16H,4-10H2,1-3H3. The Balaban J connectivity index is 2.06. The summed E-state index contributed by atoms with van der Waals surface area (Å²) in [6.45, 7) is 8.22. The van der Waals surface area contributed by atoms with E-state index in [9.17, 15) is 5.11 Å². The predicted molar refractivity (Wildman–Crippen MR) is 70.2 cm³/mol. The van der Waals surface area contributed by atoms with Crippen molar-refractivity contribution in [2.75, 3.05) is 33.4 Å². The molecule has 4 heteroatoms. The summed E-state index contributed by atoms with van der Waals surface area (Å²) in [5, 5.41) is 13.0. The van der Waals surface area contributed by atoms with Crippen LogP contribution < -0.4 is 5.32 Å². The number of nitrogens with one attached hydrogen (secondary N) is 1. The van der Waals surface area contributed by atoms with E-state index in [0.717, 1.165) is 13.0 Å². The minimum absolute atomic E-state index is 0.330. The molecule has 0 amide bonds. The van der Waals surface area contributed by atoms with E-state index in [1.54, 1.807) is 7.11 Å².